The summed E-state index contributed by atoms with van der Waals surface area (Å²) in [5.74, 6) is 2.34. The van der Waals surface area contributed by atoms with Gasteiger partial charge < -0.3 is 19.5 Å². The Labute approximate surface area is 172 Å². The Morgan fingerprint density at radius 3 is 2.38 bits per heavy atom. The number of halogens is 1. The Morgan fingerprint density at radius 2 is 1.72 bits per heavy atom. The van der Waals surface area contributed by atoms with Gasteiger partial charge in [0.05, 0.1) is 27.5 Å². The quantitative estimate of drug-likeness (QED) is 0.491. The van der Waals surface area contributed by atoms with Crippen molar-refractivity contribution in [2.75, 3.05) is 26.6 Å². The molecule has 29 heavy (non-hydrogen) atoms. The van der Waals surface area contributed by atoms with Gasteiger partial charge in [-0.15, -0.1) is 0 Å². The van der Waals surface area contributed by atoms with Crippen molar-refractivity contribution in [1.82, 2.24) is 14.6 Å². The highest BCUT2D eigenvalue weighted by atomic mass is 35.5. The van der Waals surface area contributed by atoms with Gasteiger partial charge in [0.25, 0.3) is 0 Å². The molecule has 0 spiro atoms. The SMILES string of the molecule is COc1cc(-c2cnn3ccc(Nc4cccc(Cl)c4)nc23)cc(OC)c1OC. The molecule has 0 fully saturated rings. The lowest BCUT2D eigenvalue weighted by Gasteiger charge is -2.13. The molecule has 7 nitrogen and oxygen atoms in total. The molecule has 4 aromatic rings. The van der Waals surface area contributed by atoms with Crippen LogP contribution in [0.15, 0.2) is 54.9 Å². The minimum absolute atomic E-state index is 0.534. The van der Waals surface area contributed by atoms with E-state index in [4.69, 9.17) is 30.8 Å². The highest BCUT2D eigenvalue weighted by Gasteiger charge is 2.17. The Hall–Kier alpha value is -3.45. The first-order valence-corrected chi connectivity index (χ1v) is 9.18. The van der Waals surface area contributed by atoms with E-state index in [1.54, 1.807) is 32.0 Å². The molecule has 0 unspecified atom stereocenters. The molecule has 2 aromatic heterocycles. The van der Waals surface area contributed by atoms with Crippen molar-refractivity contribution in [3.63, 3.8) is 0 Å². The molecule has 2 heterocycles. The van der Waals surface area contributed by atoms with Crippen LogP contribution >= 0.6 is 11.6 Å². The number of aromatic nitrogens is 3. The second kappa shape index (κ2) is 7.89. The van der Waals surface area contributed by atoms with Crippen molar-refractivity contribution in [3.05, 3.63) is 59.9 Å². The third-order valence-electron chi connectivity index (χ3n) is 4.44. The van der Waals surface area contributed by atoms with Crippen LogP contribution in [0.25, 0.3) is 16.8 Å². The summed E-state index contributed by atoms with van der Waals surface area (Å²) >= 11 is 6.07. The average Bonchev–Trinajstić information content (AvgIpc) is 3.16. The van der Waals surface area contributed by atoms with Crippen LogP contribution in [0.5, 0.6) is 17.2 Å². The topological polar surface area (TPSA) is 69.9 Å². The van der Waals surface area contributed by atoms with Crippen molar-refractivity contribution in [1.29, 1.82) is 0 Å². The van der Waals surface area contributed by atoms with Gasteiger partial charge in [-0.3, -0.25) is 0 Å². The molecule has 0 aliphatic heterocycles. The van der Waals surface area contributed by atoms with Gasteiger partial charge in [0.1, 0.15) is 5.82 Å². The maximum Gasteiger partial charge on any atom is 0.203 e. The summed E-state index contributed by atoms with van der Waals surface area (Å²) in [6.07, 6.45) is 3.60. The Balaban J connectivity index is 1.79. The zero-order valence-corrected chi connectivity index (χ0v) is 16.9. The molecule has 1 N–H and O–H groups in total. The summed E-state index contributed by atoms with van der Waals surface area (Å²) in [5, 5.41) is 8.32. The molecule has 0 saturated carbocycles. The fraction of sp³-hybridized carbons (Fsp3) is 0.143. The molecule has 0 bridgehead atoms. The smallest absolute Gasteiger partial charge is 0.203 e. The molecular weight excluding hydrogens is 392 g/mol. The zero-order chi connectivity index (χ0) is 20.4. The van der Waals surface area contributed by atoms with Crippen LogP contribution < -0.4 is 19.5 Å². The van der Waals surface area contributed by atoms with E-state index in [0.717, 1.165) is 16.8 Å². The van der Waals surface area contributed by atoms with Crippen LogP contribution in [0.2, 0.25) is 5.02 Å². The molecule has 0 aliphatic rings. The molecule has 4 rings (SSSR count). The van der Waals surface area contributed by atoms with E-state index >= 15 is 0 Å². The van der Waals surface area contributed by atoms with Crippen LogP contribution in [-0.2, 0) is 0 Å². The van der Waals surface area contributed by atoms with Gasteiger partial charge in [-0.05, 0) is 42.0 Å². The normalized spacial score (nSPS) is 10.8. The molecule has 0 radical (unpaired) electrons. The first-order valence-electron chi connectivity index (χ1n) is 8.80. The van der Waals surface area contributed by atoms with Crippen LogP contribution in [0, 0.1) is 0 Å². The monoisotopic (exact) mass is 410 g/mol. The number of hydrogen-bond donors (Lipinski definition) is 1. The molecule has 0 amide bonds. The lowest BCUT2D eigenvalue weighted by atomic mass is 10.1. The van der Waals surface area contributed by atoms with Gasteiger partial charge in [0.2, 0.25) is 5.75 Å². The fourth-order valence-electron chi connectivity index (χ4n) is 3.09. The summed E-state index contributed by atoms with van der Waals surface area (Å²) in [6.45, 7) is 0. The standard InChI is InChI=1S/C21H19ClN4O3/c1-27-17-9-13(10-18(28-2)20(17)29-3)16-12-23-26-8-7-19(25-21(16)26)24-15-6-4-5-14(22)11-15/h4-12H,1-3H3,(H,24,25). The van der Waals surface area contributed by atoms with E-state index in [0.29, 0.717) is 33.7 Å². The molecule has 2 aromatic carbocycles. The van der Waals surface area contributed by atoms with Crippen LogP contribution in [0.4, 0.5) is 11.5 Å². The number of nitrogens with one attached hydrogen (secondary N) is 1. The van der Waals surface area contributed by atoms with Crippen molar-refractivity contribution in [2.24, 2.45) is 0 Å². The molecular formula is C21H19ClN4O3. The van der Waals surface area contributed by atoms with E-state index in [1.807, 2.05) is 48.7 Å². The zero-order valence-electron chi connectivity index (χ0n) is 16.1. The predicted octanol–water partition coefficient (Wildman–Crippen LogP) is 4.82. The molecule has 0 atom stereocenters. The second-order valence-corrected chi connectivity index (χ2v) is 6.63. The number of ether oxygens (including phenoxy) is 3. The third kappa shape index (κ3) is 3.64. The maximum atomic E-state index is 6.07. The van der Waals surface area contributed by atoms with Gasteiger partial charge in [-0.25, -0.2) is 9.50 Å². The van der Waals surface area contributed by atoms with Crippen LogP contribution in [0.3, 0.4) is 0 Å². The first kappa shape index (κ1) is 18.9. The summed E-state index contributed by atoms with van der Waals surface area (Å²) in [5.41, 5.74) is 3.22. The van der Waals surface area contributed by atoms with Gasteiger partial charge >= 0.3 is 0 Å². The van der Waals surface area contributed by atoms with Gasteiger partial charge in [-0.2, -0.15) is 5.10 Å². The summed E-state index contributed by atoms with van der Waals surface area (Å²) in [7, 11) is 4.75. The maximum absolute atomic E-state index is 6.07. The third-order valence-corrected chi connectivity index (χ3v) is 4.68. The molecule has 0 saturated heterocycles. The molecule has 0 aliphatic carbocycles. The van der Waals surface area contributed by atoms with Gasteiger partial charge in [0, 0.05) is 22.5 Å². The van der Waals surface area contributed by atoms with E-state index in [1.165, 1.54) is 0 Å². The molecule has 8 heteroatoms. The van der Waals surface area contributed by atoms with Crippen LogP contribution in [-0.4, -0.2) is 35.9 Å². The lowest BCUT2D eigenvalue weighted by Crippen LogP contribution is -1.98. The van der Waals surface area contributed by atoms with Crippen molar-refractivity contribution < 1.29 is 14.2 Å². The summed E-state index contributed by atoms with van der Waals surface area (Å²) in [6, 6.07) is 13.1. The number of benzene rings is 2. The number of methoxy groups -OCH3 is 3. The number of hydrogen-bond acceptors (Lipinski definition) is 6. The highest BCUT2D eigenvalue weighted by Crippen LogP contribution is 2.41. The van der Waals surface area contributed by atoms with E-state index in [2.05, 4.69) is 10.4 Å². The van der Waals surface area contributed by atoms with Crippen molar-refractivity contribution in [3.8, 4) is 28.4 Å². The Kier molecular flexibility index (Phi) is 5.14. The van der Waals surface area contributed by atoms with Crippen molar-refractivity contribution in [2.45, 2.75) is 0 Å². The number of anilines is 2. The van der Waals surface area contributed by atoms with Crippen molar-refractivity contribution >= 4 is 28.8 Å². The average molecular weight is 411 g/mol. The van der Waals surface area contributed by atoms with Crippen LogP contribution in [0.1, 0.15) is 0 Å². The summed E-state index contributed by atoms with van der Waals surface area (Å²) in [4.78, 5) is 4.72. The molecule has 148 valence electrons. The highest BCUT2D eigenvalue weighted by molar-refractivity contribution is 6.30. The summed E-state index contributed by atoms with van der Waals surface area (Å²) < 4.78 is 18.0. The van der Waals surface area contributed by atoms with E-state index in [9.17, 15) is 0 Å². The van der Waals surface area contributed by atoms with E-state index < -0.39 is 0 Å². The number of fused-ring (bicyclic) bond motifs is 1. The number of nitrogens with zero attached hydrogens (tertiary/aromatic N) is 3. The minimum Gasteiger partial charge on any atom is -0.493 e. The number of rotatable bonds is 6. The first-order chi connectivity index (χ1) is 14.1. The minimum atomic E-state index is 0.534. The lowest BCUT2D eigenvalue weighted by molar-refractivity contribution is 0.324. The Morgan fingerprint density at radius 1 is 0.966 bits per heavy atom. The predicted molar refractivity (Wildman–Crippen MR) is 113 cm³/mol. The van der Waals surface area contributed by atoms with Gasteiger partial charge in [-0.1, -0.05) is 17.7 Å². The van der Waals surface area contributed by atoms with Gasteiger partial charge in [0.15, 0.2) is 17.1 Å². The largest absolute Gasteiger partial charge is 0.493 e. The Bertz CT molecular complexity index is 1150. The fourth-order valence-corrected chi connectivity index (χ4v) is 3.28. The van der Waals surface area contributed by atoms with E-state index in [-0.39, 0.29) is 0 Å². The second-order valence-electron chi connectivity index (χ2n) is 6.19.